The maximum atomic E-state index is 14.2. The molecule has 0 aromatic heterocycles. The summed E-state index contributed by atoms with van der Waals surface area (Å²) < 4.78 is 0. The molecule has 2 aromatic rings. The first kappa shape index (κ1) is 38.7. The topological polar surface area (TPSA) is 139 Å². The SMILES string of the molecule is O=C(N[C@H]1CCS[C@H]2CCC[C@@H](CO)N2C1=O)[C@H](CC[C@H](Cc1ccccc1)C(=O)N[C@H]1CCS[C@H]2CCC[C@@H](CO)N2C1=O)Cc1ccccc1. The van der Waals surface area contributed by atoms with Crippen molar-refractivity contribution in [2.75, 3.05) is 24.7 Å². The van der Waals surface area contributed by atoms with E-state index in [0.717, 1.165) is 61.2 Å². The predicted molar refractivity (Wildman–Crippen MR) is 205 cm³/mol. The van der Waals surface area contributed by atoms with Crippen molar-refractivity contribution < 1.29 is 29.4 Å². The molecule has 0 unspecified atom stereocenters. The highest BCUT2D eigenvalue weighted by atomic mass is 32.2. The fraction of sp³-hybridized carbons (Fsp3) is 0.600. The fourth-order valence-corrected chi connectivity index (χ4v) is 11.2. The summed E-state index contributed by atoms with van der Waals surface area (Å²) in [7, 11) is 0. The van der Waals surface area contributed by atoms with E-state index >= 15 is 0 Å². The van der Waals surface area contributed by atoms with Gasteiger partial charge in [-0.2, -0.15) is 0 Å². The molecule has 4 fully saturated rings. The van der Waals surface area contributed by atoms with E-state index in [-0.39, 0.29) is 59.7 Å². The van der Waals surface area contributed by atoms with Crippen molar-refractivity contribution in [3.8, 4) is 0 Å². The summed E-state index contributed by atoms with van der Waals surface area (Å²) in [6.45, 7) is -0.173. The molecule has 4 aliphatic heterocycles. The lowest BCUT2D eigenvalue weighted by molar-refractivity contribution is -0.142. The van der Waals surface area contributed by atoms with Gasteiger partial charge in [-0.05, 0) is 99.7 Å². The minimum Gasteiger partial charge on any atom is -0.394 e. The summed E-state index contributed by atoms with van der Waals surface area (Å²) in [4.78, 5) is 59.8. The number of carbonyl (C=O) groups excluding carboxylic acids is 4. The second kappa shape index (κ2) is 18.8. The van der Waals surface area contributed by atoms with Gasteiger partial charge in [0.15, 0.2) is 0 Å². The molecule has 0 aliphatic carbocycles. The zero-order valence-corrected chi connectivity index (χ0v) is 31.6. The van der Waals surface area contributed by atoms with Gasteiger partial charge < -0.3 is 30.6 Å². The van der Waals surface area contributed by atoms with Crippen LogP contribution in [0.5, 0.6) is 0 Å². The van der Waals surface area contributed by atoms with Gasteiger partial charge in [0.2, 0.25) is 23.6 Å². The van der Waals surface area contributed by atoms with E-state index in [2.05, 4.69) is 10.6 Å². The molecule has 8 atom stereocenters. The van der Waals surface area contributed by atoms with Gasteiger partial charge in [-0.25, -0.2) is 0 Å². The third kappa shape index (κ3) is 9.53. The van der Waals surface area contributed by atoms with Gasteiger partial charge in [-0.1, -0.05) is 60.7 Å². The molecule has 12 heteroatoms. The average Bonchev–Trinajstić information content (AvgIpc) is 3.43. The number of rotatable bonds is 13. The van der Waals surface area contributed by atoms with Crippen LogP contribution in [-0.2, 0) is 32.0 Å². The van der Waals surface area contributed by atoms with Gasteiger partial charge in [0.1, 0.15) is 12.1 Å². The molecule has 0 spiro atoms. The molecule has 4 heterocycles. The third-order valence-corrected chi connectivity index (χ3v) is 13.9. The normalized spacial score (nSPS) is 27.7. The van der Waals surface area contributed by atoms with Crippen LogP contribution in [0, 0.1) is 11.8 Å². The van der Waals surface area contributed by atoms with Crippen LogP contribution in [0.1, 0.15) is 75.3 Å². The zero-order chi connectivity index (χ0) is 36.5. The number of aliphatic hydroxyl groups is 2. The Morgan fingerprint density at radius 1 is 0.635 bits per heavy atom. The summed E-state index contributed by atoms with van der Waals surface area (Å²) in [5, 5.41) is 26.5. The average molecular weight is 751 g/mol. The van der Waals surface area contributed by atoms with E-state index in [0.29, 0.717) is 38.5 Å². The van der Waals surface area contributed by atoms with E-state index in [1.807, 2.05) is 70.5 Å². The highest BCUT2D eigenvalue weighted by Gasteiger charge is 2.42. The number of carbonyl (C=O) groups is 4. The van der Waals surface area contributed by atoms with Gasteiger partial charge in [0, 0.05) is 11.8 Å². The molecule has 4 aliphatic rings. The van der Waals surface area contributed by atoms with Crippen molar-refractivity contribution in [2.45, 2.75) is 112 Å². The van der Waals surface area contributed by atoms with E-state index in [1.165, 1.54) is 0 Å². The minimum atomic E-state index is -0.667. The van der Waals surface area contributed by atoms with Crippen molar-refractivity contribution in [1.82, 2.24) is 20.4 Å². The maximum Gasteiger partial charge on any atom is 0.246 e. The number of fused-ring (bicyclic) bond motifs is 2. The molecule has 0 bridgehead atoms. The van der Waals surface area contributed by atoms with Gasteiger partial charge in [-0.15, -0.1) is 23.5 Å². The van der Waals surface area contributed by atoms with E-state index in [4.69, 9.17) is 0 Å². The van der Waals surface area contributed by atoms with Crippen molar-refractivity contribution in [3.63, 3.8) is 0 Å². The zero-order valence-electron chi connectivity index (χ0n) is 29.9. The number of nitrogens with one attached hydrogen (secondary N) is 2. The number of nitrogens with zero attached hydrogens (tertiary/aromatic N) is 2. The summed E-state index contributed by atoms with van der Waals surface area (Å²) in [5.74, 6) is -0.132. The molecule has 10 nitrogen and oxygen atoms in total. The van der Waals surface area contributed by atoms with Crippen LogP contribution in [0.4, 0.5) is 0 Å². The maximum absolute atomic E-state index is 14.2. The molecule has 4 saturated heterocycles. The number of hydrogen-bond donors (Lipinski definition) is 4. The number of thioether (sulfide) groups is 2. The minimum absolute atomic E-state index is 0.0203. The quantitative estimate of drug-likeness (QED) is 0.240. The molecule has 4 amide bonds. The lowest BCUT2D eigenvalue weighted by Crippen LogP contribution is -2.56. The molecule has 6 rings (SSSR count). The summed E-state index contributed by atoms with van der Waals surface area (Å²) in [5.41, 5.74) is 2.00. The fourth-order valence-electron chi connectivity index (χ4n) is 8.36. The Morgan fingerprint density at radius 2 is 1.04 bits per heavy atom. The summed E-state index contributed by atoms with van der Waals surface area (Å²) in [6, 6.07) is 17.9. The standard InChI is InChI=1S/C40H54N4O6S2/c45-25-31-13-7-15-35-43(31)39(49)33(19-21-51-35)41-37(47)29(23-27-9-3-1-4-10-27)17-18-30(24-28-11-5-2-6-12-28)38(48)42-34-20-22-52-36-16-8-14-32(26-46)44(36)40(34)50/h1-6,9-12,29-36,45-46H,7-8,13-26H2,(H,41,47)(H,42,48)/t29-,30-,31+,32+,33+,34+,35+,36+/m1/s1. The van der Waals surface area contributed by atoms with Crippen LogP contribution < -0.4 is 10.6 Å². The number of amides is 4. The molecule has 282 valence electrons. The lowest BCUT2D eigenvalue weighted by atomic mass is 9.86. The number of benzene rings is 2. The molecule has 4 N–H and O–H groups in total. The summed E-state index contributed by atoms with van der Waals surface area (Å²) in [6.07, 6.45) is 8.05. The molecule has 0 saturated carbocycles. The monoisotopic (exact) mass is 750 g/mol. The van der Waals surface area contributed by atoms with E-state index in [9.17, 15) is 29.4 Å². The smallest absolute Gasteiger partial charge is 0.246 e. The van der Waals surface area contributed by atoms with Gasteiger partial charge in [-0.3, -0.25) is 19.2 Å². The number of piperidine rings is 2. The Morgan fingerprint density at radius 3 is 1.42 bits per heavy atom. The second-order valence-electron chi connectivity index (χ2n) is 14.7. The Hall–Kier alpha value is -3.06. The van der Waals surface area contributed by atoms with Crippen LogP contribution in [0.2, 0.25) is 0 Å². The third-order valence-electron chi connectivity index (χ3n) is 11.2. The van der Waals surface area contributed by atoms with Crippen LogP contribution in [-0.4, -0.2) is 103 Å². The molecule has 0 radical (unpaired) electrons. The molecule has 2 aromatic carbocycles. The molecular weight excluding hydrogens is 697 g/mol. The van der Waals surface area contributed by atoms with Gasteiger partial charge >= 0.3 is 0 Å². The predicted octanol–water partition coefficient (Wildman–Crippen LogP) is 4.13. The van der Waals surface area contributed by atoms with Crippen molar-refractivity contribution in [1.29, 1.82) is 0 Å². The Bertz CT molecular complexity index is 1390. The Labute approximate surface area is 316 Å². The van der Waals surface area contributed by atoms with E-state index in [1.54, 1.807) is 23.5 Å². The van der Waals surface area contributed by atoms with Crippen molar-refractivity contribution >= 4 is 47.2 Å². The largest absolute Gasteiger partial charge is 0.394 e. The molecule has 52 heavy (non-hydrogen) atoms. The number of hydrogen-bond acceptors (Lipinski definition) is 8. The van der Waals surface area contributed by atoms with Gasteiger partial charge in [0.05, 0.1) is 36.0 Å². The van der Waals surface area contributed by atoms with Crippen LogP contribution >= 0.6 is 23.5 Å². The van der Waals surface area contributed by atoms with Gasteiger partial charge in [0.25, 0.3) is 0 Å². The Balaban J connectivity index is 1.19. The van der Waals surface area contributed by atoms with Crippen molar-refractivity contribution in [3.05, 3.63) is 71.8 Å². The second-order valence-corrected chi connectivity index (χ2v) is 17.3. The van der Waals surface area contributed by atoms with Crippen LogP contribution in [0.3, 0.4) is 0 Å². The molecular formula is C40H54N4O6S2. The first-order valence-electron chi connectivity index (χ1n) is 19.1. The van der Waals surface area contributed by atoms with Crippen molar-refractivity contribution in [2.24, 2.45) is 11.8 Å². The first-order chi connectivity index (χ1) is 25.4. The Kier molecular flexibility index (Phi) is 14.0. The highest BCUT2D eigenvalue weighted by molar-refractivity contribution is 8.00. The van der Waals surface area contributed by atoms with E-state index < -0.39 is 23.9 Å². The highest BCUT2D eigenvalue weighted by Crippen LogP contribution is 2.36. The van der Waals surface area contributed by atoms with Crippen LogP contribution in [0.15, 0.2) is 60.7 Å². The van der Waals surface area contributed by atoms with Crippen LogP contribution in [0.25, 0.3) is 0 Å². The lowest BCUT2D eigenvalue weighted by Gasteiger charge is -2.41. The number of aliphatic hydroxyl groups excluding tert-OH is 2. The first-order valence-corrected chi connectivity index (χ1v) is 21.2. The summed E-state index contributed by atoms with van der Waals surface area (Å²) >= 11 is 3.46.